The summed E-state index contributed by atoms with van der Waals surface area (Å²) in [5.74, 6) is -1.02. The maximum Gasteiger partial charge on any atom is 0.263 e. The number of amides is 1. The van der Waals surface area contributed by atoms with E-state index < -0.39 is 11.7 Å². The number of hydrogen-bond acceptors (Lipinski definition) is 4. The number of anilines is 1. The number of nitrogens with one attached hydrogen (secondary N) is 2. The molecule has 1 aromatic rings. The topological polar surface area (TPSA) is 74.1 Å². The highest BCUT2D eigenvalue weighted by molar-refractivity contribution is 6.31. The van der Waals surface area contributed by atoms with Crippen LogP contribution < -0.4 is 10.6 Å². The Morgan fingerprint density at radius 2 is 2.17 bits per heavy atom. The zero-order chi connectivity index (χ0) is 17.8. The number of halogens is 2. The van der Waals surface area contributed by atoms with Crippen LogP contribution in [-0.4, -0.2) is 25.7 Å². The van der Waals surface area contributed by atoms with Crippen LogP contribution in [0.3, 0.4) is 0 Å². The summed E-state index contributed by atoms with van der Waals surface area (Å²) in [5, 5.41) is 14.4. The number of carbonyl (C=O) groups is 1. The van der Waals surface area contributed by atoms with Crippen molar-refractivity contribution in [2.75, 3.05) is 25.1 Å². The van der Waals surface area contributed by atoms with E-state index in [1.807, 2.05) is 6.07 Å². The molecule has 0 unspecified atom stereocenters. The Balaban J connectivity index is 2.40. The lowest BCUT2D eigenvalue weighted by Gasteiger charge is -2.06. The SMILES string of the molecule is CCCCOCCCNC(=O)/C(C#N)=C\Nc1ccc(F)c(Cl)c1. The molecule has 24 heavy (non-hydrogen) atoms. The second-order valence-corrected chi connectivity index (χ2v) is 5.43. The lowest BCUT2D eigenvalue weighted by molar-refractivity contribution is -0.117. The van der Waals surface area contributed by atoms with Crippen LogP contribution >= 0.6 is 11.6 Å². The van der Waals surface area contributed by atoms with Gasteiger partial charge in [-0.25, -0.2) is 4.39 Å². The van der Waals surface area contributed by atoms with E-state index in [1.54, 1.807) is 0 Å². The van der Waals surface area contributed by atoms with Crippen molar-refractivity contribution in [3.63, 3.8) is 0 Å². The van der Waals surface area contributed by atoms with Gasteiger partial charge in [-0.3, -0.25) is 4.79 Å². The Bertz CT molecular complexity index is 614. The average molecular weight is 354 g/mol. The number of unbranched alkanes of at least 4 members (excludes halogenated alkanes) is 1. The van der Waals surface area contributed by atoms with Crippen LogP contribution in [0.5, 0.6) is 0 Å². The molecular weight excluding hydrogens is 333 g/mol. The minimum absolute atomic E-state index is 0.0422. The molecule has 0 atom stereocenters. The van der Waals surface area contributed by atoms with Gasteiger partial charge in [0.1, 0.15) is 17.5 Å². The molecule has 0 saturated carbocycles. The monoisotopic (exact) mass is 353 g/mol. The number of nitrogens with zero attached hydrogens (tertiary/aromatic N) is 1. The van der Waals surface area contributed by atoms with E-state index in [2.05, 4.69) is 17.6 Å². The number of benzene rings is 1. The van der Waals surface area contributed by atoms with Crippen molar-refractivity contribution in [1.82, 2.24) is 5.32 Å². The fraction of sp³-hybridized carbons (Fsp3) is 0.412. The first-order valence-electron chi connectivity index (χ1n) is 7.76. The first-order valence-corrected chi connectivity index (χ1v) is 8.14. The Morgan fingerprint density at radius 3 is 2.83 bits per heavy atom. The third-order valence-corrected chi connectivity index (χ3v) is 3.35. The Morgan fingerprint density at radius 1 is 1.42 bits per heavy atom. The standard InChI is InChI=1S/C17H21ClFN3O2/c1-2-3-8-24-9-4-7-21-17(23)13(11-20)12-22-14-5-6-16(19)15(18)10-14/h5-6,10,12,22H,2-4,7-9H2,1H3,(H,21,23)/b13-12-. The summed E-state index contributed by atoms with van der Waals surface area (Å²) in [5.41, 5.74) is 0.397. The zero-order valence-electron chi connectivity index (χ0n) is 13.6. The van der Waals surface area contributed by atoms with E-state index in [0.29, 0.717) is 25.3 Å². The molecule has 130 valence electrons. The smallest absolute Gasteiger partial charge is 0.263 e. The quantitative estimate of drug-likeness (QED) is 0.383. The maximum atomic E-state index is 13.1. The molecular formula is C17H21ClFN3O2. The van der Waals surface area contributed by atoms with E-state index in [4.69, 9.17) is 21.6 Å². The predicted molar refractivity (Wildman–Crippen MR) is 92.1 cm³/mol. The number of ether oxygens (including phenoxy) is 1. The number of nitriles is 1. The molecule has 1 rings (SSSR count). The van der Waals surface area contributed by atoms with Gasteiger partial charge in [-0.15, -0.1) is 0 Å². The van der Waals surface area contributed by atoms with Crippen molar-refractivity contribution >= 4 is 23.2 Å². The number of hydrogen-bond donors (Lipinski definition) is 2. The average Bonchev–Trinajstić information content (AvgIpc) is 2.57. The van der Waals surface area contributed by atoms with E-state index in [9.17, 15) is 9.18 Å². The molecule has 1 aromatic carbocycles. The fourth-order valence-electron chi connectivity index (χ4n) is 1.71. The summed E-state index contributed by atoms with van der Waals surface area (Å²) in [6, 6.07) is 5.84. The highest BCUT2D eigenvalue weighted by Crippen LogP contribution is 2.19. The van der Waals surface area contributed by atoms with Crippen LogP contribution in [-0.2, 0) is 9.53 Å². The minimum atomic E-state index is -0.536. The van der Waals surface area contributed by atoms with Crippen molar-refractivity contribution in [2.24, 2.45) is 0 Å². The van der Waals surface area contributed by atoms with Crippen LogP contribution in [0.15, 0.2) is 30.0 Å². The van der Waals surface area contributed by atoms with Crippen LogP contribution in [0.2, 0.25) is 5.02 Å². The van der Waals surface area contributed by atoms with Crippen molar-refractivity contribution in [3.8, 4) is 6.07 Å². The van der Waals surface area contributed by atoms with Gasteiger partial charge in [0, 0.05) is 31.6 Å². The van der Waals surface area contributed by atoms with Crippen molar-refractivity contribution < 1.29 is 13.9 Å². The molecule has 7 heteroatoms. The maximum absolute atomic E-state index is 13.1. The van der Waals surface area contributed by atoms with Gasteiger partial charge in [-0.2, -0.15) is 5.26 Å². The second-order valence-electron chi connectivity index (χ2n) is 5.02. The lowest BCUT2D eigenvalue weighted by atomic mass is 10.2. The van der Waals surface area contributed by atoms with Gasteiger partial charge in [-0.1, -0.05) is 24.9 Å². The Kier molecular flexibility index (Phi) is 9.51. The first-order chi connectivity index (χ1) is 11.6. The summed E-state index contributed by atoms with van der Waals surface area (Å²) in [4.78, 5) is 11.9. The van der Waals surface area contributed by atoms with Crippen LogP contribution in [0.1, 0.15) is 26.2 Å². The van der Waals surface area contributed by atoms with Crippen LogP contribution in [0, 0.1) is 17.1 Å². The number of carbonyl (C=O) groups excluding carboxylic acids is 1. The van der Waals surface area contributed by atoms with Gasteiger partial charge in [0.05, 0.1) is 5.02 Å². The molecule has 0 aromatic heterocycles. The molecule has 0 saturated heterocycles. The molecule has 2 N–H and O–H groups in total. The van der Waals surface area contributed by atoms with Gasteiger partial charge in [0.15, 0.2) is 0 Å². The van der Waals surface area contributed by atoms with Gasteiger partial charge in [0.2, 0.25) is 0 Å². The first kappa shape index (κ1) is 19.9. The molecule has 0 radical (unpaired) electrons. The lowest BCUT2D eigenvalue weighted by Crippen LogP contribution is -2.26. The summed E-state index contributed by atoms with van der Waals surface area (Å²) in [6.07, 6.45) is 4.04. The van der Waals surface area contributed by atoms with Gasteiger partial charge < -0.3 is 15.4 Å². The zero-order valence-corrected chi connectivity index (χ0v) is 14.3. The molecule has 0 fully saturated rings. The molecule has 1 amide bonds. The Hall–Kier alpha value is -2.10. The third kappa shape index (κ3) is 7.44. The minimum Gasteiger partial charge on any atom is -0.381 e. The molecule has 5 nitrogen and oxygen atoms in total. The van der Waals surface area contributed by atoms with Gasteiger partial charge in [0.25, 0.3) is 5.91 Å². The summed E-state index contributed by atoms with van der Waals surface area (Å²) < 4.78 is 18.4. The highest BCUT2D eigenvalue weighted by Gasteiger charge is 2.08. The van der Waals surface area contributed by atoms with E-state index >= 15 is 0 Å². The largest absolute Gasteiger partial charge is 0.381 e. The van der Waals surface area contributed by atoms with Crippen molar-refractivity contribution in [3.05, 3.63) is 40.8 Å². The molecule has 0 spiro atoms. The Labute approximate surface area is 146 Å². The van der Waals surface area contributed by atoms with E-state index in [1.165, 1.54) is 24.4 Å². The molecule has 0 heterocycles. The number of rotatable bonds is 10. The summed E-state index contributed by atoms with van der Waals surface area (Å²) in [6.45, 7) is 3.80. The van der Waals surface area contributed by atoms with Crippen molar-refractivity contribution in [1.29, 1.82) is 5.26 Å². The molecule has 0 aliphatic rings. The van der Waals surface area contributed by atoms with Gasteiger partial charge >= 0.3 is 0 Å². The second kappa shape index (κ2) is 11.4. The highest BCUT2D eigenvalue weighted by atomic mass is 35.5. The summed E-state index contributed by atoms with van der Waals surface area (Å²) >= 11 is 5.66. The molecule has 0 aliphatic carbocycles. The van der Waals surface area contributed by atoms with Crippen LogP contribution in [0.4, 0.5) is 10.1 Å². The predicted octanol–water partition coefficient (Wildman–Crippen LogP) is 3.62. The summed E-state index contributed by atoms with van der Waals surface area (Å²) in [7, 11) is 0. The fourth-order valence-corrected chi connectivity index (χ4v) is 1.89. The van der Waals surface area contributed by atoms with Gasteiger partial charge in [-0.05, 0) is 31.0 Å². The van der Waals surface area contributed by atoms with E-state index in [0.717, 1.165) is 19.4 Å². The third-order valence-electron chi connectivity index (χ3n) is 3.06. The van der Waals surface area contributed by atoms with Crippen molar-refractivity contribution in [2.45, 2.75) is 26.2 Å². The van der Waals surface area contributed by atoms with E-state index in [-0.39, 0.29) is 10.6 Å². The molecule has 0 bridgehead atoms. The normalized spacial score (nSPS) is 11.0. The van der Waals surface area contributed by atoms with Crippen LogP contribution in [0.25, 0.3) is 0 Å². The molecule has 0 aliphatic heterocycles.